The molecule has 0 saturated heterocycles. The van der Waals surface area contributed by atoms with Crippen molar-refractivity contribution < 1.29 is 22.6 Å². The monoisotopic (exact) mass is 439 g/mol. The summed E-state index contributed by atoms with van der Waals surface area (Å²) in [5, 5.41) is 9.57. The van der Waals surface area contributed by atoms with Gasteiger partial charge in [-0.05, 0) is 31.7 Å². The first-order valence-corrected chi connectivity index (χ1v) is 10.2. The van der Waals surface area contributed by atoms with Crippen LogP contribution in [0, 0.1) is 0 Å². The van der Waals surface area contributed by atoms with E-state index >= 15 is 0 Å². The number of aryl methyl sites for hydroxylation is 1. The standard InChI is InChI=1S/C21H28F3N5O2/c1-25-20(27-12-15-13-29(2)28-19(15)21(22,23)24)26-11-14-7-6-10-17(30-3)18(14)31-16-8-4-5-9-16/h6-7,10,13,16H,4-5,8-9,11-12H2,1-3H3,(H2,25,26,27). The number of para-hydroxylation sites is 1. The summed E-state index contributed by atoms with van der Waals surface area (Å²) in [7, 11) is 4.62. The molecule has 1 heterocycles. The van der Waals surface area contributed by atoms with E-state index in [2.05, 4.69) is 20.7 Å². The number of halogens is 3. The third kappa shape index (κ3) is 5.83. The fourth-order valence-electron chi connectivity index (χ4n) is 3.65. The number of rotatable bonds is 7. The van der Waals surface area contributed by atoms with Crippen LogP contribution in [0.3, 0.4) is 0 Å². The number of guanidine groups is 1. The summed E-state index contributed by atoms with van der Waals surface area (Å²) in [5.74, 6) is 1.71. The number of nitrogens with zero attached hydrogens (tertiary/aromatic N) is 3. The van der Waals surface area contributed by atoms with Crippen LogP contribution < -0.4 is 20.1 Å². The molecule has 2 aromatic rings. The lowest BCUT2D eigenvalue weighted by Crippen LogP contribution is -2.36. The molecule has 1 aliphatic carbocycles. The fraction of sp³-hybridized carbons (Fsp3) is 0.524. The van der Waals surface area contributed by atoms with E-state index in [4.69, 9.17) is 9.47 Å². The molecule has 7 nitrogen and oxygen atoms in total. The van der Waals surface area contributed by atoms with Gasteiger partial charge in [-0.15, -0.1) is 0 Å². The zero-order chi connectivity index (χ0) is 22.4. The van der Waals surface area contributed by atoms with Crippen LogP contribution in [0.2, 0.25) is 0 Å². The number of methoxy groups -OCH3 is 1. The van der Waals surface area contributed by atoms with Gasteiger partial charge in [-0.1, -0.05) is 12.1 Å². The van der Waals surface area contributed by atoms with Crippen molar-refractivity contribution in [2.75, 3.05) is 14.2 Å². The molecule has 0 atom stereocenters. The summed E-state index contributed by atoms with van der Waals surface area (Å²) in [6.07, 6.45) is 1.33. The first kappa shape index (κ1) is 22.8. The number of hydrogen-bond acceptors (Lipinski definition) is 4. The quantitative estimate of drug-likeness (QED) is 0.509. The average Bonchev–Trinajstić information content (AvgIpc) is 3.38. The van der Waals surface area contributed by atoms with E-state index in [0.29, 0.717) is 24.0 Å². The largest absolute Gasteiger partial charge is 0.493 e. The molecule has 0 amide bonds. The molecule has 1 fully saturated rings. The Morgan fingerprint density at radius 1 is 1.19 bits per heavy atom. The Morgan fingerprint density at radius 3 is 2.48 bits per heavy atom. The summed E-state index contributed by atoms with van der Waals surface area (Å²) in [4.78, 5) is 4.11. The highest BCUT2D eigenvalue weighted by molar-refractivity contribution is 5.79. The second kappa shape index (κ2) is 9.93. The minimum Gasteiger partial charge on any atom is -0.493 e. The van der Waals surface area contributed by atoms with Gasteiger partial charge < -0.3 is 20.1 Å². The Hall–Kier alpha value is -2.91. The Balaban J connectivity index is 1.66. The zero-order valence-electron chi connectivity index (χ0n) is 17.9. The zero-order valence-corrected chi connectivity index (χ0v) is 17.9. The molecule has 1 aliphatic rings. The number of alkyl halides is 3. The number of hydrogen-bond donors (Lipinski definition) is 2. The minimum absolute atomic E-state index is 0.0459. The van der Waals surface area contributed by atoms with E-state index in [1.165, 1.54) is 13.2 Å². The molecule has 0 bridgehead atoms. The first-order valence-electron chi connectivity index (χ1n) is 10.2. The first-order chi connectivity index (χ1) is 14.8. The van der Waals surface area contributed by atoms with E-state index < -0.39 is 11.9 Å². The third-order valence-corrected chi connectivity index (χ3v) is 5.16. The molecule has 2 N–H and O–H groups in total. The van der Waals surface area contributed by atoms with Gasteiger partial charge in [-0.3, -0.25) is 9.67 Å². The highest BCUT2D eigenvalue weighted by atomic mass is 19.4. The Kier molecular flexibility index (Phi) is 7.29. The van der Waals surface area contributed by atoms with Gasteiger partial charge >= 0.3 is 6.18 Å². The molecule has 10 heteroatoms. The molecule has 0 spiro atoms. The predicted molar refractivity (Wildman–Crippen MR) is 111 cm³/mol. The van der Waals surface area contributed by atoms with Gasteiger partial charge in [-0.25, -0.2) is 0 Å². The van der Waals surface area contributed by atoms with Crippen molar-refractivity contribution in [1.29, 1.82) is 0 Å². The number of aromatic nitrogens is 2. The molecule has 1 saturated carbocycles. The van der Waals surface area contributed by atoms with E-state index in [-0.39, 0.29) is 18.2 Å². The van der Waals surface area contributed by atoms with Gasteiger partial charge in [0, 0.05) is 44.5 Å². The summed E-state index contributed by atoms with van der Waals surface area (Å²) in [6.45, 7) is 0.310. The lowest BCUT2D eigenvalue weighted by atomic mass is 10.1. The SMILES string of the molecule is CN=C(NCc1cn(C)nc1C(F)(F)F)NCc1cccc(OC)c1OC1CCCC1. The summed E-state index contributed by atoms with van der Waals surface area (Å²) in [6, 6.07) is 5.65. The predicted octanol–water partition coefficient (Wildman–Crippen LogP) is 3.63. The molecule has 0 unspecified atom stereocenters. The van der Waals surface area contributed by atoms with Crippen LogP contribution in [0.4, 0.5) is 13.2 Å². The van der Waals surface area contributed by atoms with Crippen LogP contribution in [0.15, 0.2) is 29.4 Å². The molecule has 0 aliphatic heterocycles. The molecular formula is C21H28F3N5O2. The lowest BCUT2D eigenvalue weighted by Gasteiger charge is -2.20. The normalized spacial score (nSPS) is 15.2. The van der Waals surface area contributed by atoms with Crippen LogP contribution >= 0.6 is 0 Å². The van der Waals surface area contributed by atoms with Crippen molar-refractivity contribution in [1.82, 2.24) is 20.4 Å². The van der Waals surface area contributed by atoms with Crippen molar-refractivity contribution in [3.63, 3.8) is 0 Å². The van der Waals surface area contributed by atoms with Gasteiger partial charge in [0.1, 0.15) is 0 Å². The van der Waals surface area contributed by atoms with E-state index in [1.807, 2.05) is 18.2 Å². The van der Waals surface area contributed by atoms with Crippen molar-refractivity contribution in [2.45, 2.75) is 51.1 Å². The van der Waals surface area contributed by atoms with Gasteiger partial charge in [-0.2, -0.15) is 18.3 Å². The third-order valence-electron chi connectivity index (χ3n) is 5.16. The van der Waals surface area contributed by atoms with Crippen molar-refractivity contribution in [3.05, 3.63) is 41.2 Å². The highest BCUT2D eigenvalue weighted by Crippen LogP contribution is 2.35. The van der Waals surface area contributed by atoms with Crippen LogP contribution in [-0.2, 0) is 26.3 Å². The molecule has 170 valence electrons. The molecule has 1 aromatic heterocycles. The second-order valence-corrected chi connectivity index (χ2v) is 7.43. The van der Waals surface area contributed by atoms with Crippen molar-refractivity contribution >= 4 is 5.96 Å². The summed E-state index contributed by atoms with van der Waals surface area (Å²) < 4.78 is 52.3. The molecule has 1 aromatic carbocycles. The minimum atomic E-state index is -4.51. The van der Waals surface area contributed by atoms with E-state index in [0.717, 1.165) is 35.9 Å². The molecule has 0 radical (unpaired) electrons. The molecule has 3 rings (SSSR count). The van der Waals surface area contributed by atoms with E-state index in [1.54, 1.807) is 14.2 Å². The summed E-state index contributed by atoms with van der Waals surface area (Å²) >= 11 is 0. The smallest absolute Gasteiger partial charge is 0.435 e. The second-order valence-electron chi connectivity index (χ2n) is 7.43. The topological polar surface area (TPSA) is 72.7 Å². The average molecular weight is 439 g/mol. The number of ether oxygens (including phenoxy) is 2. The molecule has 31 heavy (non-hydrogen) atoms. The van der Waals surface area contributed by atoms with Crippen LogP contribution in [-0.4, -0.2) is 36.0 Å². The van der Waals surface area contributed by atoms with E-state index in [9.17, 15) is 13.2 Å². The Labute approximate surface area is 179 Å². The maximum Gasteiger partial charge on any atom is 0.435 e. The Morgan fingerprint density at radius 2 is 1.87 bits per heavy atom. The van der Waals surface area contributed by atoms with Crippen LogP contribution in [0.1, 0.15) is 42.5 Å². The number of aliphatic imine (C=N–C) groups is 1. The van der Waals surface area contributed by atoms with Gasteiger partial charge in [0.2, 0.25) is 0 Å². The van der Waals surface area contributed by atoms with Gasteiger partial charge in [0.15, 0.2) is 23.2 Å². The van der Waals surface area contributed by atoms with Gasteiger partial charge in [0.25, 0.3) is 0 Å². The number of nitrogens with one attached hydrogen (secondary N) is 2. The maximum atomic E-state index is 13.1. The van der Waals surface area contributed by atoms with Crippen LogP contribution in [0.5, 0.6) is 11.5 Å². The van der Waals surface area contributed by atoms with Crippen LogP contribution in [0.25, 0.3) is 0 Å². The molecular weight excluding hydrogens is 411 g/mol. The van der Waals surface area contributed by atoms with Crippen molar-refractivity contribution in [2.24, 2.45) is 12.0 Å². The maximum absolute atomic E-state index is 13.1. The van der Waals surface area contributed by atoms with Crippen molar-refractivity contribution in [3.8, 4) is 11.5 Å². The summed E-state index contributed by atoms with van der Waals surface area (Å²) in [5.41, 5.74) is 0.0224. The fourth-order valence-corrected chi connectivity index (χ4v) is 3.65. The lowest BCUT2D eigenvalue weighted by molar-refractivity contribution is -0.142. The van der Waals surface area contributed by atoms with Gasteiger partial charge in [0.05, 0.1) is 13.2 Å². The Bertz CT molecular complexity index is 905. The highest BCUT2D eigenvalue weighted by Gasteiger charge is 2.36. The number of benzene rings is 1.